The molecule has 0 saturated heterocycles. The number of hydrogen-bond donors (Lipinski definition) is 0. The third-order valence-corrected chi connectivity index (χ3v) is 5.82. The number of carbonyl (C=O) groups is 5. The summed E-state index contributed by atoms with van der Waals surface area (Å²) in [5.41, 5.74) is 0. The quantitative estimate of drug-likeness (QED) is 0.208. The highest BCUT2D eigenvalue weighted by Gasteiger charge is 2.60. The summed E-state index contributed by atoms with van der Waals surface area (Å²) in [5, 5.41) is 0. The molecule has 0 aromatic heterocycles. The van der Waals surface area contributed by atoms with Crippen molar-refractivity contribution in [1.82, 2.24) is 0 Å². The first-order valence-electron chi connectivity index (χ1n) is 13.7. The molecule has 0 N–H and O–H groups in total. The second-order valence-electron chi connectivity index (χ2n) is 9.22. The lowest BCUT2D eigenvalue weighted by atomic mass is 9.83. The van der Waals surface area contributed by atoms with Crippen molar-refractivity contribution in [3.05, 3.63) is 0 Å². The molecule has 0 aromatic rings. The van der Waals surface area contributed by atoms with Crippen LogP contribution < -0.4 is 0 Å². The van der Waals surface area contributed by atoms with Crippen LogP contribution in [0.1, 0.15) is 98.8 Å². The first kappa shape index (κ1) is 33.3. The van der Waals surface area contributed by atoms with Crippen LogP contribution >= 0.6 is 0 Å². The molecule has 1 saturated carbocycles. The maximum Gasteiger partial charge on any atom is 0.306 e. The van der Waals surface area contributed by atoms with Gasteiger partial charge in [-0.05, 0) is 32.1 Å². The van der Waals surface area contributed by atoms with Crippen molar-refractivity contribution in [1.29, 1.82) is 0 Å². The predicted octanol–water partition coefficient (Wildman–Crippen LogP) is 3.57. The zero-order chi connectivity index (χ0) is 28.7. The maximum atomic E-state index is 12.7. The van der Waals surface area contributed by atoms with E-state index < -0.39 is 66.5 Å². The lowest BCUT2D eigenvalue weighted by Crippen LogP contribution is -2.68. The number of ether oxygens (including phenoxy) is 6. The Kier molecular flexibility index (Phi) is 15.6. The van der Waals surface area contributed by atoms with Crippen LogP contribution in [0.15, 0.2) is 0 Å². The fourth-order valence-corrected chi connectivity index (χ4v) is 4.13. The van der Waals surface area contributed by atoms with E-state index in [1.54, 1.807) is 34.6 Å². The molecule has 218 valence electrons. The van der Waals surface area contributed by atoms with Crippen LogP contribution in [-0.4, -0.2) is 73.6 Å². The maximum absolute atomic E-state index is 12.7. The van der Waals surface area contributed by atoms with Crippen molar-refractivity contribution >= 4 is 29.8 Å². The molecule has 1 fully saturated rings. The van der Waals surface area contributed by atoms with Gasteiger partial charge in [0.2, 0.25) is 0 Å². The van der Waals surface area contributed by atoms with Crippen LogP contribution in [0.3, 0.4) is 0 Å². The van der Waals surface area contributed by atoms with Gasteiger partial charge in [0.05, 0.1) is 0 Å². The van der Waals surface area contributed by atoms with Gasteiger partial charge in [-0.1, -0.05) is 34.6 Å². The summed E-state index contributed by atoms with van der Waals surface area (Å²) in [7, 11) is 1.31. The molecule has 11 nitrogen and oxygen atoms in total. The van der Waals surface area contributed by atoms with Gasteiger partial charge in [-0.2, -0.15) is 0 Å². The van der Waals surface area contributed by atoms with Crippen LogP contribution in [-0.2, 0) is 52.4 Å². The van der Waals surface area contributed by atoms with Gasteiger partial charge in [-0.15, -0.1) is 0 Å². The lowest BCUT2D eigenvalue weighted by Gasteiger charge is -2.47. The van der Waals surface area contributed by atoms with Crippen LogP contribution in [0.25, 0.3) is 0 Å². The molecule has 0 amide bonds. The van der Waals surface area contributed by atoms with Gasteiger partial charge in [-0.25, -0.2) is 0 Å². The Balaban J connectivity index is 3.70. The highest BCUT2D eigenvalue weighted by atomic mass is 16.7. The molecular weight excluding hydrogens is 500 g/mol. The number of methoxy groups -OCH3 is 1. The lowest BCUT2D eigenvalue weighted by molar-refractivity contribution is -0.261. The molecule has 0 bridgehead atoms. The third kappa shape index (κ3) is 10.2. The minimum atomic E-state index is -1.42. The average Bonchev–Trinajstić information content (AvgIpc) is 2.84. The molecule has 1 aliphatic carbocycles. The van der Waals surface area contributed by atoms with Crippen molar-refractivity contribution in [2.45, 2.75) is 135 Å². The van der Waals surface area contributed by atoms with Crippen LogP contribution in [0.4, 0.5) is 0 Å². The molecule has 0 unspecified atom stereocenters. The largest absolute Gasteiger partial charge is 0.455 e. The highest BCUT2D eigenvalue weighted by Crippen LogP contribution is 2.35. The smallest absolute Gasteiger partial charge is 0.306 e. The molecule has 0 spiro atoms. The molecule has 38 heavy (non-hydrogen) atoms. The molecule has 0 heterocycles. The Labute approximate surface area is 225 Å². The summed E-state index contributed by atoms with van der Waals surface area (Å²) in [6.07, 6.45) is -5.28. The van der Waals surface area contributed by atoms with E-state index >= 15 is 0 Å². The molecule has 1 aliphatic rings. The second kappa shape index (κ2) is 17.8. The predicted molar refractivity (Wildman–Crippen MR) is 135 cm³/mol. The first-order chi connectivity index (χ1) is 18.2. The first-order valence-corrected chi connectivity index (χ1v) is 13.7. The van der Waals surface area contributed by atoms with E-state index in [2.05, 4.69) is 0 Å². The Hall–Kier alpha value is -2.69. The standard InChI is InChI=1S/C27H44O11/c1-7-12-17(28)34-23-22(33-6)24(35-18(29)13-8-2)26(37-20(31)15-10-4)27(38-21(32)16-11-5)25(23)36-19(30)14-9-3/h22-27H,7-16H2,1-6H3/t22-,23-,24+,25-,26-,27+/m1/s1. The summed E-state index contributed by atoms with van der Waals surface area (Å²) >= 11 is 0. The molecule has 6 atom stereocenters. The van der Waals surface area contributed by atoms with Crippen molar-refractivity contribution in [2.24, 2.45) is 0 Å². The van der Waals surface area contributed by atoms with Gasteiger partial charge in [0.25, 0.3) is 0 Å². The van der Waals surface area contributed by atoms with Gasteiger partial charge in [0.15, 0.2) is 30.5 Å². The van der Waals surface area contributed by atoms with E-state index in [1.807, 2.05) is 0 Å². The Morgan fingerprint density at radius 1 is 0.395 bits per heavy atom. The monoisotopic (exact) mass is 544 g/mol. The van der Waals surface area contributed by atoms with Gasteiger partial charge in [-0.3, -0.25) is 24.0 Å². The van der Waals surface area contributed by atoms with Crippen molar-refractivity contribution in [3.8, 4) is 0 Å². The van der Waals surface area contributed by atoms with Crippen LogP contribution in [0.2, 0.25) is 0 Å². The Bertz CT molecular complexity index is 729. The fraction of sp³-hybridized carbons (Fsp3) is 0.815. The molecule has 0 aromatic carbocycles. The summed E-state index contributed by atoms with van der Waals surface area (Å²) in [6.45, 7) is 8.95. The summed E-state index contributed by atoms with van der Waals surface area (Å²) < 4.78 is 34.2. The molecule has 0 radical (unpaired) electrons. The summed E-state index contributed by atoms with van der Waals surface area (Å²) in [6, 6.07) is 0. The number of esters is 5. The number of carbonyl (C=O) groups excluding carboxylic acids is 5. The van der Waals surface area contributed by atoms with E-state index in [9.17, 15) is 24.0 Å². The molecular formula is C27H44O11. The Morgan fingerprint density at radius 3 is 0.737 bits per heavy atom. The number of rotatable bonds is 16. The van der Waals surface area contributed by atoms with Gasteiger partial charge in [0.1, 0.15) is 6.10 Å². The highest BCUT2D eigenvalue weighted by molar-refractivity contribution is 5.73. The van der Waals surface area contributed by atoms with Crippen LogP contribution in [0.5, 0.6) is 0 Å². The van der Waals surface area contributed by atoms with E-state index in [-0.39, 0.29) is 32.1 Å². The topological polar surface area (TPSA) is 141 Å². The zero-order valence-corrected chi connectivity index (χ0v) is 23.5. The summed E-state index contributed by atoms with van der Waals surface area (Å²) in [4.78, 5) is 63.2. The average molecular weight is 545 g/mol. The Morgan fingerprint density at radius 2 is 0.579 bits per heavy atom. The van der Waals surface area contributed by atoms with E-state index in [0.717, 1.165) is 0 Å². The molecule has 1 rings (SSSR count). The number of hydrogen-bond acceptors (Lipinski definition) is 11. The zero-order valence-electron chi connectivity index (χ0n) is 23.5. The van der Waals surface area contributed by atoms with E-state index in [0.29, 0.717) is 32.1 Å². The molecule has 0 aliphatic heterocycles. The third-order valence-electron chi connectivity index (χ3n) is 5.82. The van der Waals surface area contributed by atoms with Gasteiger partial charge >= 0.3 is 29.8 Å². The van der Waals surface area contributed by atoms with Crippen LogP contribution in [0, 0.1) is 0 Å². The normalized spacial score (nSPS) is 24.7. The second-order valence-corrected chi connectivity index (χ2v) is 9.22. The van der Waals surface area contributed by atoms with Crippen molar-refractivity contribution in [3.63, 3.8) is 0 Å². The summed E-state index contributed by atoms with van der Waals surface area (Å²) in [5.74, 6) is -3.09. The SMILES string of the molecule is CCCC(=O)O[C@H]1[C@H](OC(=O)CCC)[C@H](OC(=O)CCC)[C@@H](OC)[C@H](OC(=O)CCC)[C@H]1OC(=O)CCC. The van der Waals surface area contributed by atoms with Crippen molar-refractivity contribution < 1.29 is 52.4 Å². The van der Waals surface area contributed by atoms with Gasteiger partial charge in [0, 0.05) is 39.2 Å². The van der Waals surface area contributed by atoms with Gasteiger partial charge < -0.3 is 28.4 Å². The fourth-order valence-electron chi connectivity index (χ4n) is 4.13. The minimum absolute atomic E-state index is 0.0377. The van der Waals surface area contributed by atoms with E-state index in [1.165, 1.54) is 7.11 Å². The van der Waals surface area contributed by atoms with E-state index in [4.69, 9.17) is 28.4 Å². The van der Waals surface area contributed by atoms with Crippen molar-refractivity contribution in [2.75, 3.05) is 7.11 Å². The minimum Gasteiger partial charge on any atom is -0.455 e. The molecule has 11 heteroatoms.